The number of para-hydroxylation sites is 1. The van der Waals surface area contributed by atoms with E-state index in [9.17, 15) is 14.7 Å². The Labute approximate surface area is 195 Å². The van der Waals surface area contributed by atoms with Crippen molar-refractivity contribution in [3.63, 3.8) is 0 Å². The average molecular weight is 454 g/mol. The van der Waals surface area contributed by atoms with Crippen molar-refractivity contribution in [3.8, 4) is 5.75 Å². The van der Waals surface area contributed by atoms with Crippen LogP contribution in [0.25, 0.3) is 11.0 Å². The Hall–Kier alpha value is -4.10. The van der Waals surface area contributed by atoms with E-state index in [2.05, 4.69) is 5.32 Å². The molecule has 0 radical (unpaired) electrons. The first-order valence-corrected chi connectivity index (χ1v) is 11.1. The van der Waals surface area contributed by atoms with Gasteiger partial charge in [0, 0.05) is 22.2 Å². The zero-order chi connectivity index (χ0) is 23.8. The largest absolute Gasteiger partial charge is 0.454 e. The SMILES string of the molecule is CC(C)c1ccc2c(c1)OC1(O)c3cccc(N)c3C(=O)C21NC(=O)c1cc2ccccc2o1. The summed E-state index contributed by atoms with van der Waals surface area (Å²) in [4.78, 5) is 27.4. The average Bonchev–Trinajstić information content (AvgIpc) is 3.41. The molecule has 1 aliphatic heterocycles. The van der Waals surface area contributed by atoms with Crippen LogP contribution in [0, 0.1) is 0 Å². The third kappa shape index (κ3) is 2.44. The lowest BCUT2D eigenvalue weighted by atomic mass is 9.82. The minimum absolute atomic E-state index is 0.0157. The van der Waals surface area contributed by atoms with Gasteiger partial charge in [-0.1, -0.05) is 56.3 Å². The highest BCUT2D eigenvalue weighted by Gasteiger charge is 2.72. The standard InChI is InChI=1S/C27H22N2O5/c1-14(2)15-10-11-17-21(12-15)34-27(32)18-7-5-8-19(28)23(18)24(30)26(17,27)29-25(31)22-13-16-6-3-4-9-20(16)33-22/h3-14,32H,28H2,1-2H3,(H,29,31). The molecule has 2 aliphatic rings. The molecule has 2 atom stereocenters. The van der Waals surface area contributed by atoms with E-state index >= 15 is 0 Å². The van der Waals surface area contributed by atoms with Crippen LogP contribution in [0.2, 0.25) is 0 Å². The van der Waals surface area contributed by atoms with E-state index in [1.54, 1.807) is 48.5 Å². The lowest BCUT2D eigenvalue weighted by molar-refractivity contribution is -0.169. The van der Waals surface area contributed by atoms with Crippen LogP contribution >= 0.6 is 0 Å². The molecule has 7 nitrogen and oxygen atoms in total. The van der Waals surface area contributed by atoms with Gasteiger partial charge in [0.1, 0.15) is 11.3 Å². The predicted molar refractivity (Wildman–Crippen MR) is 126 cm³/mol. The Balaban J connectivity index is 1.55. The number of nitrogens with two attached hydrogens (primary N) is 1. The van der Waals surface area contributed by atoms with Gasteiger partial charge in [0.05, 0.1) is 5.56 Å². The maximum atomic E-state index is 14.0. The minimum atomic E-state index is -2.17. The number of hydrogen-bond donors (Lipinski definition) is 3. The molecule has 2 unspecified atom stereocenters. The number of ketones is 1. The second-order valence-electron chi connectivity index (χ2n) is 9.11. The molecule has 2 heterocycles. The molecular formula is C27H22N2O5. The summed E-state index contributed by atoms with van der Waals surface area (Å²) in [5.41, 5.74) is 6.64. The van der Waals surface area contributed by atoms with Crippen molar-refractivity contribution in [3.05, 3.63) is 94.7 Å². The number of nitrogens with one attached hydrogen (secondary N) is 1. The molecule has 0 saturated carbocycles. The highest BCUT2D eigenvalue weighted by Crippen LogP contribution is 2.59. The number of Topliss-reactive ketones (excluding diaryl/α,β-unsaturated/α-hetero) is 1. The zero-order valence-corrected chi connectivity index (χ0v) is 18.6. The molecule has 1 aromatic heterocycles. The minimum Gasteiger partial charge on any atom is -0.454 e. The molecule has 6 rings (SSSR count). The molecule has 1 aliphatic carbocycles. The van der Waals surface area contributed by atoms with Crippen LogP contribution in [0.4, 0.5) is 5.69 Å². The van der Waals surface area contributed by atoms with Gasteiger partial charge in [-0.05, 0) is 35.7 Å². The molecule has 1 amide bonds. The van der Waals surface area contributed by atoms with Gasteiger partial charge < -0.3 is 25.3 Å². The number of fused-ring (bicyclic) bond motifs is 6. The van der Waals surface area contributed by atoms with Crippen molar-refractivity contribution >= 4 is 28.3 Å². The Morgan fingerprint density at radius 2 is 1.82 bits per heavy atom. The highest BCUT2D eigenvalue weighted by atomic mass is 16.6. The lowest BCUT2D eigenvalue weighted by Gasteiger charge is -2.34. The number of nitrogen functional groups attached to an aromatic ring is 1. The van der Waals surface area contributed by atoms with Gasteiger partial charge in [0.2, 0.25) is 11.3 Å². The molecule has 4 N–H and O–H groups in total. The van der Waals surface area contributed by atoms with Crippen molar-refractivity contribution in [1.29, 1.82) is 0 Å². The smallest absolute Gasteiger partial charge is 0.288 e. The van der Waals surface area contributed by atoms with Gasteiger partial charge in [-0.2, -0.15) is 0 Å². The third-order valence-corrected chi connectivity index (χ3v) is 6.82. The van der Waals surface area contributed by atoms with E-state index in [1.165, 1.54) is 0 Å². The number of carbonyl (C=O) groups excluding carboxylic acids is 2. The summed E-state index contributed by atoms with van der Waals surface area (Å²) in [6, 6.07) is 19.0. The molecular weight excluding hydrogens is 432 g/mol. The number of amides is 1. The van der Waals surface area contributed by atoms with Gasteiger partial charge >= 0.3 is 0 Å². The molecule has 3 aromatic carbocycles. The van der Waals surface area contributed by atoms with Crippen molar-refractivity contribution in [2.75, 3.05) is 5.73 Å². The van der Waals surface area contributed by atoms with Crippen LogP contribution in [0.3, 0.4) is 0 Å². The fraction of sp³-hybridized carbons (Fsp3) is 0.185. The van der Waals surface area contributed by atoms with Gasteiger partial charge in [-0.25, -0.2) is 0 Å². The number of aliphatic hydroxyl groups is 1. The van der Waals surface area contributed by atoms with E-state index in [0.29, 0.717) is 16.9 Å². The molecule has 34 heavy (non-hydrogen) atoms. The number of benzene rings is 3. The second kappa shape index (κ2) is 6.71. The van der Waals surface area contributed by atoms with Crippen LogP contribution in [-0.2, 0) is 11.3 Å². The molecule has 0 fully saturated rings. The predicted octanol–water partition coefficient (Wildman–Crippen LogP) is 4.20. The van der Waals surface area contributed by atoms with Crippen LogP contribution in [0.1, 0.15) is 57.4 Å². The van der Waals surface area contributed by atoms with Gasteiger partial charge in [-0.3, -0.25) is 9.59 Å². The lowest BCUT2D eigenvalue weighted by Crippen LogP contribution is -2.60. The number of carbonyl (C=O) groups is 2. The van der Waals surface area contributed by atoms with E-state index in [1.807, 2.05) is 32.0 Å². The summed E-state index contributed by atoms with van der Waals surface area (Å²) in [6.07, 6.45) is 0. The number of furan rings is 1. The summed E-state index contributed by atoms with van der Waals surface area (Å²) in [6.45, 7) is 4.07. The topological polar surface area (TPSA) is 115 Å². The number of hydrogen-bond acceptors (Lipinski definition) is 6. The maximum Gasteiger partial charge on any atom is 0.288 e. The second-order valence-corrected chi connectivity index (χ2v) is 9.11. The Morgan fingerprint density at radius 3 is 2.59 bits per heavy atom. The molecule has 7 heteroatoms. The fourth-order valence-electron chi connectivity index (χ4n) is 5.07. The fourth-order valence-corrected chi connectivity index (χ4v) is 5.07. The van der Waals surface area contributed by atoms with Gasteiger partial charge in [0.15, 0.2) is 5.76 Å². The molecule has 170 valence electrons. The molecule has 0 spiro atoms. The zero-order valence-electron chi connectivity index (χ0n) is 18.6. The van der Waals surface area contributed by atoms with Crippen molar-refractivity contribution in [2.24, 2.45) is 0 Å². The third-order valence-electron chi connectivity index (χ3n) is 6.82. The monoisotopic (exact) mass is 454 g/mol. The van der Waals surface area contributed by atoms with E-state index in [0.717, 1.165) is 10.9 Å². The van der Waals surface area contributed by atoms with Crippen molar-refractivity contribution < 1.29 is 23.8 Å². The first kappa shape index (κ1) is 20.5. The van der Waals surface area contributed by atoms with Crippen LogP contribution in [0.5, 0.6) is 5.75 Å². The van der Waals surface area contributed by atoms with Crippen LogP contribution in [0.15, 0.2) is 71.1 Å². The molecule has 0 bridgehead atoms. The van der Waals surface area contributed by atoms with E-state index in [4.69, 9.17) is 14.9 Å². The Kier molecular flexibility index (Phi) is 4.05. The van der Waals surface area contributed by atoms with Crippen molar-refractivity contribution in [1.82, 2.24) is 5.32 Å². The first-order valence-electron chi connectivity index (χ1n) is 11.1. The summed E-state index contributed by atoms with van der Waals surface area (Å²) in [5.74, 6) is -2.82. The summed E-state index contributed by atoms with van der Waals surface area (Å²) >= 11 is 0. The van der Waals surface area contributed by atoms with Crippen LogP contribution < -0.4 is 15.8 Å². The van der Waals surface area contributed by atoms with Crippen molar-refractivity contribution in [2.45, 2.75) is 31.1 Å². The van der Waals surface area contributed by atoms with Crippen LogP contribution in [-0.4, -0.2) is 16.8 Å². The number of anilines is 1. The van der Waals surface area contributed by atoms with Gasteiger partial charge in [0.25, 0.3) is 11.7 Å². The molecule has 4 aromatic rings. The summed E-state index contributed by atoms with van der Waals surface area (Å²) in [7, 11) is 0. The quantitative estimate of drug-likeness (QED) is 0.400. The normalized spacial score (nSPS) is 22.4. The number of rotatable bonds is 3. The Morgan fingerprint density at radius 1 is 1.03 bits per heavy atom. The highest BCUT2D eigenvalue weighted by molar-refractivity contribution is 6.16. The van der Waals surface area contributed by atoms with Gasteiger partial charge in [-0.15, -0.1) is 0 Å². The number of ether oxygens (including phenoxy) is 1. The first-order chi connectivity index (χ1) is 16.3. The summed E-state index contributed by atoms with van der Waals surface area (Å²) < 4.78 is 11.8. The Bertz CT molecular complexity index is 1490. The molecule has 0 saturated heterocycles. The van der Waals surface area contributed by atoms with E-state index < -0.39 is 23.0 Å². The van der Waals surface area contributed by atoms with E-state index in [-0.39, 0.29) is 28.5 Å². The summed E-state index contributed by atoms with van der Waals surface area (Å²) in [5, 5.41) is 15.5. The maximum absolute atomic E-state index is 14.0.